The molecular formula is C22H22ClFN2O3. The normalized spacial score (nSPS) is 11.1. The lowest BCUT2D eigenvalue weighted by Crippen LogP contribution is -2.30. The van der Waals surface area contributed by atoms with Crippen molar-refractivity contribution in [3.8, 4) is 17.6 Å². The molecule has 2 rings (SSSR count). The third-order valence-corrected chi connectivity index (χ3v) is 4.15. The second-order valence-corrected chi connectivity index (χ2v) is 6.83. The number of halogens is 2. The molecule has 1 amide bonds. The zero-order valence-corrected chi connectivity index (χ0v) is 17.2. The van der Waals surface area contributed by atoms with Crippen molar-refractivity contribution in [1.82, 2.24) is 5.32 Å². The predicted molar refractivity (Wildman–Crippen MR) is 110 cm³/mol. The number of nitriles is 1. The van der Waals surface area contributed by atoms with Crippen molar-refractivity contribution in [3.05, 3.63) is 63.9 Å². The van der Waals surface area contributed by atoms with Crippen molar-refractivity contribution in [2.24, 2.45) is 0 Å². The molecule has 0 atom stereocenters. The average molecular weight is 417 g/mol. The van der Waals surface area contributed by atoms with Gasteiger partial charge in [0.05, 0.1) is 11.6 Å². The Bertz CT molecular complexity index is 931. The summed E-state index contributed by atoms with van der Waals surface area (Å²) in [5, 5.41) is 12.2. The van der Waals surface area contributed by atoms with Gasteiger partial charge in [-0.05, 0) is 56.7 Å². The van der Waals surface area contributed by atoms with Crippen molar-refractivity contribution in [1.29, 1.82) is 5.26 Å². The van der Waals surface area contributed by atoms with Crippen molar-refractivity contribution in [2.75, 3.05) is 6.61 Å². The number of nitrogens with one attached hydrogen (secondary N) is 1. The topological polar surface area (TPSA) is 71.3 Å². The number of amides is 1. The van der Waals surface area contributed by atoms with Gasteiger partial charge in [0.2, 0.25) is 0 Å². The summed E-state index contributed by atoms with van der Waals surface area (Å²) in [6.07, 6.45) is 1.47. The van der Waals surface area contributed by atoms with E-state index in [-0.39, 0.29) is 28.8 Å². The van der Waals surface area contributed by atoms with Crippen molar-refractivity contribution in [3.63, 3.8) is 0 Å². The van der Waals surface area contributed by atoms with E-state index in [0.717, 1.165) is 0 Å². The first-order valence-corrected chi connectivity index (χ1v) is 9.48. The van der Waals surface area contributed by atoms with Crippen LogP contribution < -0.4 is 14.8 Å². The van der Waals surface area contributed by atoms with Crippen LogP contribution in [-0.4, -0.2) is 18.6 Å². The second-order valence-electron chi connectivity index (χ2n) is 6.43. The molecule has 2 aromatic carbocycles. The van der Waals surface area contributed by atoms with Gasteiger partial charge >= 0.3 is 0 Å². The lowest BCUT2D eigenvalue weighted by Gasteiger charge is -2.14. The molecule has 0 radical (unpaired) electrons. The van der Waals surface area contributed by atoms with Gasteiger partial charge in [-0.15, -0.1) is 0 Å². The molecule has 0 unspecified atom stereocenters. The Morgan fingerprint density at radius 3 is 2.66 bits per heavy atom. The summed E-state index contributed by atoms with van der Waals surface area (Å²) in [6.45, 7) is 5.75. The summed E-state index contributed by atoms with van der Waals surface area (Å²) < 4.78 is 25.3. The minimum absolute atomic E-state index is 0.0204. The molecule has 0 spiro atoms. The first-order chi connectivity index (χ1) is 13.8. The molecule has 0 fully saturated rings. The van der Waals surface area contributed by atoms with Crippen LogP contribution in [0.5, 0.6) is 11.5 Å². The summed E-state index contributed by atoms with van der Waals surface area (Å²) >= 11 is 6.03. The van der Waals surface area contributed by atoms with Gasteiger partial charge in [-0.2, -0.15) is 5.26 Å². The van der Waals surface area contributed by atoms with Gasteiger partial charge in [-0.25, -0.2) is 4.39 Å². The summed E-state index contributed by atoms with van der Waals surface area (Å²) in [7, 11) is 0. The largest absolute Gasteiger partial charge is 0.490 e. The van der Waals surface area contributed by atoms with E-state index in [4.69, 9.17) is 21.1 Å². The highest BCUT2D eigenvalue weighted by Gasteiger charge is 2.13. The first kappa shape index (κ1) is 22.3. The summed E-state index contributed by atoms with van der Waals surface area (Å²) in [5.41, 5.74) is 0.825. The molecule has 0 saturated carbocycles. The molecule has 0 aromatic heterocycles. The monoisotopic (exact) mass is 416 g/mol. The Kier molecular flexibility index (Phi) is 8.05. The molecule has 5 nitrogen and oxygen atoms in total. The fraction of sp³-hybridized carbons (Fsp3) is 0.273. The van der Waals surface area contributed by atoms with E-state index in [9.17, 15) is 14.4 Å². The van der Waals surface area contributed by atoms with Crippen LogP contribution in [0.2, 0.25) is 5.02 Å². The van der Waals surface area contributed by atoms with Crippen LogP contribution >= 0.6 is 11.6 Å². The molecule has 152 valence electrons. The zero-order chi connectivity index (χ0) is 21.4. The molecule has 0 bridgehead atoms. The average Bonchev–Trinajstić information content (AvgIpc) is 2.66. The number of ether oxygens (including phenoxy) is 2. The van der Waals surface area contributed by atoms with E-state index < -0.39 is 11.7 Å². The van der Waals surface area contributed by atoms with Crippen LogP contribution in [0, 0.1) is 17.1 Å². The number of nitrogens with zero attached hydrogens (tertiary/aromatic N) is 1. The maximum absolute atomic E-state index is 13.9. The van der Waals surface area contributed by atoms with E-state index >= 15 is 0 Å². The van der Waals surface area contributed by atoms with Gasteiger partial charge in [0.1, 0.15) is 24.1 Å². The van der Waals surface area contributed by atoms with E-state index in [1.807, 2.05) is 26.8 Å². The fourth-order valence-electron chi connectivity index (χ4n) is 2.48. The lowest BCUT2D eigenvalue weighted by molar-refractivity contribution is -0.117. The predicted octanol–water partition coefficient (Wildman–Crippen LogP) is 4.89. The van der Waals surface area contributed by atoms with E-state index in [2.05, 4.69) is 5.32 Å². The molecule has 0 aliphatic carbocycles. The first-order valence-electron chi connectivity index (χ1n) is 9.10. The summed E-state index contributed by atoms with van der Waals surface area (Å²) in [5.74, 6) is -0.0939. The van der Waals surface area contributed by atoms with Gasteiger partial charge in [-0.3, -0.25) is 4.79 Å². The van der Waals surface area contributed by atoms with Crippen molar-refractivity contribution >= 4 is 23.6 Å². The highest BCUT2D eigenvalue weighted by atomic mass is 35.5. The number of benzene rings is 2. The van der Waals surface area contributed by atoms with Crippen LogP contribution in [0.1, 0.15) is 31.9 Å². The molecule has 0 aliphatic rings. The molecule has 1 N–H and O–H groups in total. The Balaban J connectivity index is 2.27. The second kappa shape index (κ2) is 10.5. The molecule has 29 heavy (non-hydrogen) atoms. The van der Waals surface area contributed by atoms with Crippen LogP contribution in [-0.2, 0) is 11.4 Å². The summed E-state index contributed by atoms with van der Waals surface area (Å²) in [4.78, 5) is 12.1. The SMILES string of the molecule is CCOc1cc(/C=C(\C#N)C(=O)NC(C)C)ccc1OCc1c(F)cccc1Cl. The molecule has 0 heterocycles. The van der Waals surface area contributed by atoms with E-state index in [0.29, 0.717) is 23.7 Å². The lowest BCUT2D eigenvalue weighted by atomic mass is 10.1. The quantitative estimate of drug-likeness (QED) is 0.491. The molecule has 0 aliphatic heterocycles. The smallest absolute Gasteiger partial charge is 0.262 e. The highest BCUT2D eigenvalue weighted by Crippen LogP contribution is 2.31. The van der Waals surface area contributed by atoms with Crippen molar-refractivity contribution in [2.45, 2.75) is 33.4 Å². The molecule has 7 heteroatoms. The Hall–Kier alpha value is -3.04. The third-order valence-electron chi connectivity index (χ3n) is 3.80. The Morgan fingerprint density at radius 2 is 2.03 bits per heavy atom. The zero-order valence-electron chi connectivity index (χ0n) is 16.5. The number of carbonyl (C=O) groups is 1. The van der Waals surface area contributed by atoms with E-state index in [1.54, 1.807) is 24.3 Å². The van der Waals surface area contributed by atoms with Gasteiger partial charge < -0.3 is 14.8 Å². The summed E-state index contributed by atoms with van der Waals surface area (Å²) in [6, 6.07) is 11.2. The number of rotatable bonds is 8. The number of hydrogen-bond donors (Lipinski definition) is 1. The minimum atomic E-state index is -0.454. The Morgan fingerprint density at radius 1 is 1.28 bits per heavy atom. The maximum atomic E-state index is 13.9. The van der Waals surface area contributed by atoms with Crippen LogP contribution in [0.25, 0.3) is 6.08 Å². The van der Waals surface area contributed by atoms with E-state index in [1.165, 1.54) is 18.2 Å². The molecule has 0 saturated heterocycles. The molecular weight excluding hydrogens is 395 g/mol. The van der Waals surface area contributed by atoms with Crippen LogP contribution in [0.15, 0.2) is 42.0 Å². The highest BCUT2D eigenvalue weighted by molar-refractivity contribution is 6.31. The standard InChI is InChI=1S/C22H22ClFN2O3/c1-4-28-21-11-15(10-16(12-25)22(27)26-14(2)3)8-9-20(21)29-13-17-18(23)6-5-7-19(17)24/h5-11,14H,4,13H2,1-3H3,(H,26,27)/b16-10+. The van der Waals surface area contributed by atoms with Crippen LogP contribution in [0.4, 0.5) is 4.39 Å². The molecule has 2 aromatic rings. The number of carbonyl (C=O) groups excluding carboxylic acids is 1. The minimum Gasteiger partial charge on any atom is -0.490 e. The number of hydrogen-bond acceptors (Lipinski definition) is 4. The van der Waals surface area contributed by atoms with Gasteiger partial charge in [0.25, 0.3) is 5.91 Å². The maximum Gasteiger partial charge on any atom is 0.262 e. The fourth-order valence-corrected chi connectivity index (χ4v) is 2.69. The third kappa shape index (κ3) is 6.23. The van der Waals surface area contributed by atoms with Gasteiger partial charge in [0.15, 0.2) is 11.5 Å². The van der Waals surface area contributed by atoms with Gasteiger partial charge in [-0.1, -0.05) is 23.7 Å². The Labute approximate surface area is 174 Å². The van der Waals surface area contributed by atoms with Crippen molar-refractivity contribution < 1.29 is 18.7 Å². The van der Waals surface area contributed by atoms with Gasteiger partial charge in [0, 0.05) is 11.6 Å². The van der Waals surface area contributed by atoms with Crippen LogP contribution in [0.3, 0.4) is 0 Å².